The molecule has 3 nitrogen and oxygen atoms in total. The number of anilines is 1. The van der Waals surface area contributed by atoms with E-state index in [1.54, 1.807) is 0 Å². The average molecular weight is 697 g/mol. The fourth-order valence-corrected chi connectivity index (χ4v) is 7.43. The van der Waals surface area contributed by atoms with Gasteiger partial charge in [0.15, 0.2) is 0 Å². The van der Waals surface area contributed by atoms with Crippen LogP contribution in [-0.2, 0) is 0 Å². The number of unbranched alkanes of at least 4 members (excludes halogenated alkanes) is 31. The molecule has 0 unspecified atom stereocenters. The van der Waals surface area contributed by atoms with Gasteiger partial charge in [0.25, 0.3) is 0 Å². The summed E-state index contributed by atoms with van der Waals surface area (Å²) in [5.41, 5.74) is 1.05. The molecule has 1 rings (SSSR count). The van der Waals surface area contributed by atoms with Crippen molar-refractivity contribution in [3.05, 3.63) is 30.3 Å². The molecule has 0 saturated carbocycles. The van der Waals surface area contributed by atoms with Gasteiger partial charge in [-0.1, -0.05) is 238 Å². The van der Waals surface area contributed by atoms with Gasteiger partial charge in [-0.3, -0.25) is 4.90 Å². The second-order valence-electron chi connectivity index (χ2n) is 15.7. The van der Waals surface area contributed by atoms with E-state index in [1.807, 2.05) is 0 Å². The van der Waals surface area contributed by atoms with Crippen LogP contribution in [0.25, 0.3) is 0 Å². The second kappa shape index (κ2) is 37.3. The van der Waals surface area contributed by atoms with Crippen LogP contribution < -0.4 is 4.90 Å². The van der Waals surface area contributed by atoms with Gasteiger partial charge in [0.1, 0.15) is 0 Å². The predicted octanol–water partition coefficient (Wildman–Crippen LogP) is 16.2. The van der Waals surface area contributed by atoms with Gasteiger partial charge in [-0.15, -0.1) is 0 Å². The van der Waals surface area contributed by atoms with Crippen molar-refractivity contribution in [2.75, 3.05) is 24.5 Å². The summed E-state index contributed by atoms with van der Waals surface area (Å²) in [5.74, 6) is 0. The Kier molecular flexibility index (Phi) is 34.7. The molecule has 0 N–H and O–H groups in total. The van der Waals surface area contributed by atoms with Gasteiger partial charge in [0.05, 0.1) is 0 Å². The highest BCUT2D eigenvalue weighted by Gasteiger charge is 2.21. The van der Waals surface area contributed by atoms with Gasteiger partial charge in [0.2, 0.25) is 0 Å². The van der Waals surface area contributed by atoms with E-state index in [-0.39, 0.29) is 6.03 Å². The van der Waals surface area contributed by atoms with Crippen LogP contribution >= 0.6 is 0 Å². The first-order valence-electron chi connectivity index (χ1n) is 22.9. The van der Waals surface area contributed by atoms with Gasteiger partial charge in [0, 0.05) is 25.3 Å². The summed E-state index contributed by atoms with van der Waals surface area (Å²) in [4.78, 5) is 18.2. The quantitative estimate of drug-likeness (QED) is 0.0631. The van der Waals surface area contributed by atoms with Crippen molar-refractivity contribution in [2.24, 2.45) is 0 Å². The first-order chi connectivity index (χ1) is 24.7. The monoisotopic (exact) mass is 697 g/mol. The first-order valence-corrected chi connectivity index (χ1v) is 22.9. The van der Waals surface area contributed by atoms with Gasteiger partial charge in [-0.05, 0) is 31.4 Å². The molecule has 0 spiro atoms. The Hall–Kier alpha value is -1.51. The van der Waals surface area contributed by atoms with Gasteiger partial charge in [-0.2, -0.15) is 0 Å². The number of rotatable bonds is 38. The average Bonchev–Trinajstić information content (AvgIpc) is 3.14. The molecule has 1 aromatic rings. The fourth-order valence-electron chi connectivity index (χ4n) is 7.43. The molecule has 0 fully saturated rings. The van der Waals surface area contributed by atoms with Crippen molar-refractivity contribution in [3.63, 3.8) is 0 Å². The molecule has 0 saturated heterocycles. The van der Waals surface area contributed by atoms with Gasteiger partial charge >= 0.3 is 6.03 Å². The van der Waals surface area contributed by atoms with Gasteiger partial charge < -0.3 is 4.90 Å². The smallest absolute Gasteiger partial charge is 0.324 e. The van der Waals surface area contributed by atoms with Crippen LogP contribution in [0.5, 0.6) is 0 Å². The van der Waals surface area contributed by atoms with E-state index in [0.29, 0.717) is 0 Å². The molecule has 50 heavy (non-hydrogen) atoms. The molecule has 0 radical (unpaired) electrons. The van der Waals surface area contributed by atoms with Crippen LogP contribution in [0.2, 0.25) is 0 Å². The fraction of sp³-hybridized carbons (Fsp3) is 0.851. The molecule has 0 aliphatic rings. The molecule has 0 bridgehead atoms. The van der Waals surface area contributed by atoms with E-state index in [0.717, 1.165) is 51.0 Å². The molecule has 0 atom stereocenters. The summed E-state index contributed by atoms with van der Waals surface area (Å²) in [6.07, 6.45) is 46.5. The molecule has 1 aromatic carbocycles. The highest BCUT2D eigenvalue weighted by Crippen LogP contribution is 2.20. The third-order valence-electron chi connectivity index (χ3n) is 10.9. The lowest BCUT2D eigenvalue weighted by atomic mass is 10.0. The van der Waals surface area contributed by atoms with Crippen LogP contribution in [0.3, 0.4) is 0 Å². The highest BCUT2D eigenvalue weighted by atomic mass is 16.2. The first kappa shape index (κ1) is 46.5. The molecule has 0 aromatic heterocycles. The third kappa shape index (κ3) is 28.1. The number of carbonyl (C=O) groups is 1. The number of benzene rings is 1. The van der Waals surface area contributed by atoms with Crippen molar-refractivity contribution in [3.8, 4) is 0 Å². The number of urea groups is 1. The highest BCUT2D eigenvalue weighted by molar-refractivity contribution is 5.92. The molecule has 292 valence electrons. The Balaban J connectivity index is 2.29. The Morgan fingerprint density at radius 3 is 0.940 bits per heavy atom. The summed E-state index contributed by atoms with van der Waals surface area (Å²) in [6.45, 7) is 9.45. The van der Waals surface area contributed by atoms with Gasteiger partial charge in [-0.25, -0.2) is 4.79 Å². The zero-order valence-corrected chi connectivity index (χ0v) is 34.4. The zero-order chi connectivity index (χ0) is 36.0. The maximum Gasteiger partial charge on any atom is 0.324 e. The lowest BCUT2D eigenvalue weighted by molar-refractivity contribution is 0.201. The van der Waals surface area contributed by atoms with Crippen LogP contribution in [-0.4, -0.2) is 30.6 Å². The van der Waals surface area contributed by atoms with Crippen molar-refractivity contribution >= 4 is 11.7 Å². The Morgan fingerprint density at radius 1 is 0.360 bits per heavy atom. The minimum absolute atomic E-state index is 0.228. The normalized spacial score (nSPS) is 11.3. The number of para-hydroxylation sites is 1. The molecule has 0 aliphatic carbocycles. The number of carbonyl (C=O) groups excluding carboxylic acids is 1. The summed E-state index contributed by atoms with van der Waals surface area (Å²) >= 11 is 0. The van der Waals surface area contributed by atoms with E-state index in [2.05, 4.69) is 60.9 Å². The largest absolute Gasteiger partial charge is 0.324 e. The lowest BCUT2D eigenvalue weighted by Gasteiger charge is -2.31. The standard InChI is InChI=1S/C47H88N2O/c1-4-7-10-12-14-16-18-20-22-24-26-28-30-32-34-39-43-48(47(50)49(45-9-6-3)46-41-37-36-38-42-46)44-40-35-33-31-29-27-25-23-21-19-17-15-13-11-8-5-2/h36-38,41-42H,4-35,39-40,43-45H2,1-3H3. The second-order valence-corrected chi connectivity index (χ2v) is 15.7. The minimum Gasteiger partial charge on any atom is -0.324 e. The van der Waals surface area contributed by atoms with Crippen LogP contribution in [0, 0.1) is 0 Å². The number of amides is 2. The topological polar surface area (TPSA) is 23.6 Å². The van der Waals surface area contributed by atoms with Crippen LogP contribution in [0.15, 0.2) is 30.3 Å². The predicted molar refractivity (Wildman–Crippen MR) is 225 cm³/mol. The number of hydrogen-bond donors (Lipinski definition) is 0. The van der Waals surface area contributed by atoms with E-state index in [1.165, 1.54) is 193 Å². The van der Waals surface area contributed by atoms with E-state index >= 15 is 0 Å². The molecule has 0 aliphatic heterocycles. The Labute approximate surface area is 314 Å². The zero-order valence-electron chi connectivity index (χ0n) is 34.4. The lowest BCUT2D eigenvalue weighted by Crippen LogP contribution is -2.44. The number of hydrogen-bond acceptors (Lipinski definition) is 1. The van der Waals surface area contributed by atoms with Crippen LogP contribution in [0.4, 0.5) is 10.5 Å². The van der Waals surface area contributed by atoms with Crippen molar-refractivity contribution in [2.45, 2.75) is 239 Å². The third-order valence-corrected chi connectivity index (χ3v) is 10.9. The van der Waals surface area contributed by atoms with Crippen LogP contribution in [0.1, 0.15) is 239 Å². The molecule has 2 amide bonds. The molecule has 3 heteroatoms. The Bertz CT molecular complexity index is 775. The minimum atomic E-state index is 0.228. The summed E-state index contributed by atoms with van der Waals surface area (Å²) in [6, 6.07) is 10.6. The number of nitrogens with zero attached hydrogens (tertiary/aromatic N) is 2. The SMILES string of the molecule is CCCCCCCCCCCCCCCCCCN(CCCCCCCCCCCCCCCCCC)C(=O)N(CCCC)c1ccccc1. The maximum atomic E-state index is 14.0. The summed E-state index contributed by atoms with van der Waals surface area (Å²) in [7, 11) is 0. The molecular formula is C47H88N2O. The van der Waals surface area contributed by atoms with E-state index < -0.39 is 0 Å². The molecular weight excluding hydrogens is 609 g/mol. The maximum absolute atomic E-state index is 14.0. The Morgan fingerprint density at radius 2 is 0.640 bits per heavy atom. The van der Waals surface area contributed by atoms with E-state index in [4.69, 9.17) is 0 Å². The summed E-state index contributed by atoms with van der Waals surface area (Å²) < 4.78 is 0. The summed E-state index contributed by atoms with van der Waals surface area (Å²) in [5, 5.41) is 0. The van der Waals surface area contributed by atoms with E-state index in [9.17, 15) is 4.79 Å². The van der Waals surface area contributed by atoms with Crippen molar-refractivity contribution < 1.29 is 4.79 Å². The molecule has 0 heterocycles. The van der Waals surface area contributed by atoms with Crippen molar-refractivity contribution in [1.82, 2.24) is 4.90 Å². The van der Waals surface area contributed by atoms with Crippen molar-refractivity contribution in [1.29, 1.82) is 0 Å².